The Hall–Kier alpha value is -2.81. The summed E-state index contributed by atoms with van der Waals surface area (Å²) in [7, 11) is 0. The molecule has 2 aromatic carbocycles. The highest BCUT2D eigenvalue weighted by molar-refractivity contribution is 7.89. The van der Waals surface area contributed by atoms with Gasteiger partial charge in [-0.15, -0.1) is 4.31 Å². The van der Waals surface area contributed by atoms with Crippen LogP contribution in [0.15, 0.2) is 71.7 Å². The average Bonchev–Trinajstić information content (AvgIpc) is 2.95. The number of rotatable bonds is 7. The summed E-state index contributed by atoms with van der Waals surface area (Å²) >= 11 is -0.999. The molecule has 1 atom stereocenters. The van der Waals surface area contributed by atoms with Gasteiger partial charge in [0.05, 0.1) is 31.1 Å². The third kappa shape index (κ3) is 5.87. The number of ether oxygens (including phenoxy) is 1. The Bertz CT molecular complexity index is 1200. The van der Waals surface area contributed by atoms with Crippen molar-refractivity contribution in [3.63, 3.8) is 0 Å². The summed E-state index contributed by atoms with van der Waals surface area (Å²) in [6.07, 6.45) is 5.66. The van der Waals surface area contributed by atoms with Crippen LogP contribution in [0, 0.1) is 0 Å². The molecule has 1 saturated heterocycles. The van der Waals surface area contributed by atoms with E-state index in [2.05, 4.69) is 40.3 Å². The number of hydrogen-bond acceptors (Lipinski definition) is 6. The highest BCUT2D eigenvalue weighted by Gasteiger charge is 2.31. The number of nitrogens with zero attached hydrogens (tertiary/aromatic N) is 4. The minimum absolute atomic E-state index is 0.00670. The molecule has 2 aliphatic rings. The van der Waals surface area contributed by atoms with Crippen LogP contribution in [0.1, 0.15) is 51.0 Å². The van der Waals surface area contributed by atoms with Gasteiger partial charge in [-0.1, -0.05) is 48.5 Å². The van der Waals surface area contributed by atoms with Gasteiger partial charge in [-0.2, -0.15) is 9.78 Å². The molecule has 2 heterocycles. The van der Waals surface area contributed by atoms with E-state index in [1.54, 1.807) is 6.20 Å². The topological polar surface area (TPSA) is 73.7 Å². The van der Waals surface area contributed by atoms with Gasteiger partial charge in [-0.25, -0.2) is 0 Å². The highest BCUT2D eigenvalue weighted by atomic mass is 32.2. The first-order valence-electron chi connectivity index (χ1n) is 13.3. The second kappa shape index (κ2) is 11.7. The van der Waals surface area contributed by atoms with Gasteiger partial charge in [0.25, 0.3) is 0 Å². The Morgan fingerprint density at radius 3 is 2.16 bits per heavy atom. The third-order valence-electron chi connectivity index (χ3n) is 7.38. The SMILES string of the molecule is CC(C)[S+]([O-])N1CCN(c2cnn(-c3ccccc3)c(=O)c2OC2CCC(c3ccccc3)CC2)CC1. The van der Waals surface area contributed by atoms with Crippen molar-refractivity contribution in [3.8, 4) is 11.4 Å². The van der Waals surface area contributed by atoms with Crippen molar-refractivity contribution >= 4 is 17.0 Å². The molecular formula is C29H36N4O3S. The Morgan fingerprint density at radius 2 is 1.54 bits per heavy atom. The summed E-state index contributed by atoms with van der Waals surface area (Å²) in [5.41, 5.74) is 2.60. The monoisotopic (exact) mass is 520 g/mol. The van der Waals surface area contributed by atoms with E-state index in [-0.39, 0.29) is 16.9 Å². The minimum atomic E-state index is -0.999. The van der Waals surface area contributed by atoms with E-state index >= 15 is 0 Å². The Labute approximate surface area is 222 Å². The number of hydrogen-bond donors (Lipinski definition) is 0. The van der Waals surface area contributed by atoms with E-state index in [0.717, 1.165) is 31.4 Å². The summed E-state index contributed by atoms with van der Waals surface area (Å²) < 4.78 is 22.6. The van der Waals surface area contributed by atoms with Crippen molar-refractivity contribution in [1.29, 1.82) is 0 Å². The van der Waals surface area contributed by atoms with Gasteiger partial charge >= 0.3 is 5.56 Å². The lowest BCUT2D eigenvalue weighted by Gasteiger charge is -2.37. The molecule has 1 aliphatic heterocycles. The largest absolute Gasteiger partial charge is 0.598 e. The van der Waals surface area contributed by atoms with E-state index in [4.69, 9.17) is 4.74 Å². The van der Waals surface area contributed by atoms with Crippen molar-refractivity contribution in [1.82, 2.24) is 14.1 Å². The molecule has 8 heteroatoms. The fraction of sp³-hybridized carbons (Fsp3) is 0.448. The molecular weight excluding hydrogens is 484 g/mol. The zero-order valence-corrected chi connectivity index (χ0v) is 22.5. The van der Waals surface area contributed by atoms with Crippen LogP contribution in [0.25, 0.3) is 5.69 Å². The van der Waals surface area contributed by atoms with Crippen LogP contribution < -0.4 is 15.2 Å². The van der Waals surface area contributed by atoms with Gasteiger partial charge in [0.1, 0.15) is 10.9 Å². The summed E-state index contributed by atoms with van der Waals surface area (Å²) in [6, 6.07) is 20.1. The molecule has 5 rings (SSSR count). The lowest BCUT2D eigenvalue weighted by atomic mass is 9.83. The van der Waals surface area contributed by atoms with Gasteiger partial charge in [-0.05, 0) is 63.1 Å². The number of piperazine rings is 1. The van der Waals surface area contributed by atoms with E-state index in [1.807, 2.05) is 48.5 Å². The molecule has 0 amide bonds. The fourth-order valence-corrected chi connectivity index (χ4v) is 6.45. The molecule has 0 bridgehead atoms. The molecule has 37 heavy (non-hydrogen) atoms. The predicted octanol–water partition coefficient (Wildman–Crippen LogP) is 4.53. The lowest BCUT2D eigenvalue weighted by molar-refractivity contribution is 0.144. The molecule has 1 saturated carbocycles. The average molecular weight is 521 g/mol. The van der Waals surface area contributed by atoms with Crippen LogP contribution in [-0.2, 0) is 11.4 Å². The van der Waals surface area contributed by atoms with Crippen LogP contribution in [0.3, 0.4) is 0 Å². The van der Waals surface area contributed by atoms with Crippen molar-refractivity contribution in [3.05, 3.63) is 82.8 Å². The molecule has 0 N–H and O–H groups in total. The Morgan fingerprint density at radius 1 is 0.919 bits per heavy atom. The highest BCUT2D eigenvalue weighted by Crippen LogP contribution is 2.36. The molecule has 1 aliphatic carbocycles. The first-order chi connectivity index (χ1) is 18.0. The van der Waals surface area contributed by atoms with Gasteiger partial charge < -0.3 is 14.2 Å². The number of para-hydroxylation sites is 1. The molecule has 1 aromatic heterocycles. The maximum absolute atomic E-state index is 13.7. The van der Waals surface area contributed by atoms with E-state index in [1.165, 1.54) is 10.2 Å². The molecule has 0 spiro atoms. The van der Waals surface area contributed by atoms with Crippen molar-refractivity contribution in [2.45, 2.75) is 56.8 Å². The molecule has 1 unspecified atom stereocenters. The second-order valence-corrected chi connectivity index (χ2v) is 12.2. The smallest absolute Gasteiger partial charge is 0.316 e. The maximum Gasteiger partial charge on any atom is 0.316 e. The van der Waals surface area contributed by atoms with Crippen LogP contribution in [0.2, 0.25) is 0 Å². The first kappa shape index (κ1) is 25.8. The zero-order valence-electron chi connectivity index (χ0n) is 21.7. The minimum Gasteiger partial charge on any atom is -0.598 e. The van der Waals surface area contributed by atoms with Crippen LogP contribution >= 0.6 is 0 Å². The van der Waals surface area contributed by atoms with Crippen LogP contribution in [-0.4, -0.2) is 56.2 Å². The molecule has 7 nitrogen and oxygen atoms in total. The summed E-state index contributed by atoms with van der Waals surface area (Å²) in [4.78, 5) is 15.9. The fourth-order valence-electron chi connectivity index (χ4n) is 5.33. The predicted molar refractivity (Wildman–Crippen MR) is 149 cm³/mol. The quantitative estimate of drug-likeness (QED) is 0.426. The number of benzene rings is 2. The van der Waals surface area contributed by atoms with Gasteiger partial charge in [0.15, 0.2) is 0 Å². The Balaban J connectivity index is 1.37. The van der Waals surface area contributed by atoms with Crippen LogP contribution in [0.5, 0.6) is 5.75 Å². The van der Waals surface area contributed by atoms with Gasteiger partial charge in [0.2, 0.25) is 5.75 Å². The van der Waals surface area contributed by atoms with Gasteiger partial charge in [0, 0.05) is 24.5 Å². The molecule has 2 fully saturated rings. The zero-order chi connectivity index (χ0) is 25.8. The van der Waals surface area contributed by atoms with E-state index in [9.17, 15) is 9.35 Å². The standard InChI is InChI=1S/C29H36N4O3S/c1-22(2)37(35)32-19-17-31(18-20-32)27-21-30-33(25-11-7-4-8-12-25)29(34)28(27)36-26-15-13-24(14-16-26)23-9-5-3-6-10-23/h3-12,21-22,24,26H,13-20H2,1-2H3. The van der Waals surface area contributed by atoms with E-state index in [0.29, 0.717) is 43.5 Å². The normalized spacial score (nSPS) is 21.7. The van der Waals surface area contributed by atoms with Crippen molar-refractivity contribution in [2.75, 3.05) is 31.1 Å². The number of aromatic nitrogens is 2. The maximum atomic E-state index is 13.7. The van der Waals surface area contributed by atoms with E-state index < -0.39 is 11.4 Å². The summed E-state index contributed by atoms with van der Waals surface area (Å²) in [5, 5.41) is 4.61. The second-order valence-electron chi connectivity index (χ2n) is 10.2. The first-order valence-corrected chi connectivity index (χ1v) is 14.5. The lowest BCUT2D eigenvalue weighted by Crippen LogP contribution is -2.50. The number of anilines is 1. The Kier molecular flexibility index (Phi) is 8.17. The van der Waals surface area contributed by atoms with Crippen molar-refractivity contribution < 1.29 is 9.29 Å². The summed E-state index contributed by atoms with van der Waals surface area (Å²) in [5.74, 6) is 0.911. The third-order valence-corrected chi connectivity index (χ3v) is 9.06. The summed E-state index contributed by atoms with van der Waals surface area (Å²) in [6.45, 7) is 6.66. The van der Waals surface area contributed by atoms with Gasteiger partial charge in [-0.3, -0.25) is 4.79 Å². The van der Waals surface area contributed by atoms with Crippen LogP contribution in [0.4, 0.5) is 5.69 Å². The molecule has 3 aromatic rings. The molecule has 0 radical (unpaired) electrons. The van der Waals surface area contributed by atoms with Crippen molar-refractivity contribution in [2.24, 2.45) is 0 Å². The molecule has 196 valence electrons.